The molecule has 2 N–H and O–H groups in total. The number of nitrogens with zero attached hydrogens (tertiary/aromatic N) is 1. The van der Waals surface area contributed by atoms with Crippen LogP contribution in [0.3, 0.4) is 0 Å². The summed E-state index contributed by atoms with van der Waals surface area (Å²) in [5.74, 6) is 2.48. The van der Waals surface area contributed by atoms with Gasteiger partial charge in [0.1, 0.15) is 0 Å². The summed E-state index contributed by atoms with van der Waals surface area (Å²) in [6.45, 7) is 6.28. The predicted molar refractivity (Wildman–Crippen MR) is 62.6 cm³/mol. The van der Waals surface area contributed by atoms with E-state index >= 15 is 0 Å². The number of H-pyrrole nitrogens is 1. The van der Waals surface area contributed by atoms with Crippen molar-refractivity contribution in [2.75, 3.05) is 18.1 Å². The van der Waals surface area contributed by atoms with Crippen LogP contribution in [0.2, 0.25) is 0 Å². The zero-order chi connectivity index (χ0) is 10.2. The second kappa shape index (κ2) is 6.90. The first-order chi connectivity index (χ1) is 6.84. The van der Waals surface area contributed by atoms with Gasteiger partial charge < -0.3 is 5.32 Å². The van der Waals surface area contributed by atoms with Crippen LogP contribution in [0.1, 0.15) is 24.6 Å². The van der Waals surface area contributed by atoms with Crippen molar-refractivity contribution in [1.29, 1.82) is 0 Å². The molecule has 1 aromatic heterocycles. The molecule has 0 spiro atoms. The number of hydrogen-bond acceptors (Lipinski definition) is 3. The zero-order valence-corrected chi connectivity index (χ0v) is 9.78. The van der Waals surface area contributed by atoms with Crippen LogP contribution in [0.15, 0.2) is 6.20 Å². The van der Waals surface area contributed by atoms with Gasteiger partial charge in [-0.25, -0.2) is 0 Å². The summed E-state index contributed by atoms with van der Waals surface area (Å²) in [6.07, 6.45) is 3.14. The molecule has 0 atom stereocenters. The molecule has 3 nitrogen and oxygen atoms in total. The first kappa shape index (κ1) is 11.6. The number of thioether (sulfide) groups is 1. The lowest BCUT2D eigenvalue weighted by Crippen LogP contribution is -2.15. The van der Waals surface area contributed by atoms with Crippen molar-refractivity contribution in [2.24, 2.45) is 0 Å². The van der Waals surface area contributed by atoms with Gasteiger partial charge in [-0.05, 0) is 31.4 Å². The highest BCUT2D eigenvalue weighted by Gasteiger charge is 1.98. The molecule has 1 rings (SSSR count). The lowest BCUT2D eigenvalue weighted by molar-refractivity contribution is 0.677. The predicted octanol–water partition coefficient (Wildman–Crippen LogP) is 1.95. The van der Waals surface area contributed by atoms with Crippen molar-refractivity contribution in [3.05, 3.63) is 17.5 Å². The van der Waals surface area contributed by atoms with Crippen molar-refractivity contribution in [1.82, 2.24) is 15.5 Å². The number of nitrogens with one attached hydrogen (secondary N) is 2. The molecule has 0 amide bonds. The third-order valence-corrected chi connectivity index (χ3v) is 3.08. The number of hydrogen-bond donors (Lipinski definition) is 2. The highest BCUT2D eigenvalue weighted by molar-refractivity contribution is 7.99. The summed E-state index contributed by atoms with van der Waals surface area (Å²) in [6, 6.07) is 0. The quantitative estimate of drug-likeness (QED) is 0.680. The number of aromatic nitrogens is 2. The lowest BCUT2D eigenvalue weighted by Gasteiger charge is -2.03. The normalized spacial score (nSPS) is 10.7. The Bertz CT molecular complexity index is 247. The summed E-state index contributed by atoms with van der Waals surface area (Å²) in [4.78, 5) is 0. The molecule has 0 saturated carbocycles. The lowest BCUT2D eigenvalue weighted by atomic mass is 10.2. The Balaban J connectivity index is 2.02. The standard InChI is InChI=1S/C10H19N3S/c1-3-14-6-4-5-11-7-10-8-12-13-9(10)2/h8,11H,3-7H2,1-2H3,(H,12,13). The first-order valence-electron chi connectivity index (χ1n) is 5.12. The van der Waals surface area contributed by atoms with Crippen LogP contribution >= 0.6 is 11.8 Å². The summed E-state index contributed by atoms with van der Waals surface area (Å²) in [5, 5.41) is 10.3. The van der Waals surface area contributed by atoms with Crippen LogP contribution < -0.4 is 5.32 Å². The van der Waals surface area contributed by atoms with Crippen LogP contribution in [-0.4, -0.2) is 28.2 Å². The highest BCUT2D eigenvalue weighted by Crippen LogP contribution is 2.02. The maximum atomic E-state index is 3.98. The molecule has 80 valence electrons. The second-order valence-electron chi connectivity index (χ2n) is 3.25. The largest absolute Gasteiger partial charge is 0.313 e. The van der Waals surface area contributed by atoms with E-state index in [0.29, 0.717) is 0 Å². The van der Waals surface area contributed by atoms with Crippen LogP contribution in [0.5, 0.6) is 0 Å². The molecule has 0 aliphatic carbocycles. The monoisotopic (exact) mass is 213 g/mol. The van der Waals surface area contributed by atoms with E-state index in [1.54, 1.807) is 0 Å². The van der Waals surface area contributed by atoms with E-state index in [1.165, 1.54) is 29.2 Å². The topological polar surface area (TPSA) is 40.7 Å². The van der Waals surface area contributed by atoms with E-state index in [9.17, 15) is 0 Å². The van der Waals surface area contributed by atoms with E-state index in [2.05, 4.69) is 29.4 Å². The van der Waals surface area contributed by atoms with E-state index in [4.69, 9.17) is 0 Å². The van der Waals surface area contributed by atoms with Crippen LogP contribution in [0, 0.1) is 6.92 Å². The summed E-state index contributed by atoms with van der Waals surface area (Å²) < 4.78 is 0. The molecule has 0 aliphatic rings. The van der Waals surface area contributed by atoms with E-state index in [-0.39, 0.29) is 0 Å². The fraction of sp³-hybridized carbons (Fsp3) is 0.700. The molecule has 0 fully saturated rings. The van der Waals surface area contributed by atoms with Gasteiger partial charge in [-0.2, -0.15) is 16.9 Å². The molecule has 4 heteroatoms. The summed E-state index contributed by atoms with van der Waals surface area (Å²) >= 11 is 2.00. The Morgan fingerprint density at radius 1 is 1.57 bits per heavy atom. The van der Waals surface area contributed by atoms with Crippen molar-refractivity contribution in [3.8, 4) is 0 Å². The smallest absolute Gasteiger partial charge is 0.0535 e. The van der Waals surface area contributed by atoms with Gasteiger partial charge in [0.05, 0.1) is 6.20 Å². The van der Waals surface area contributed by atoms with Crippen LogP contribution in [0.25, 0.3) is 0 Å². The molecule has 0 bridgehead atoms. The Morgan fingerprint density at radius 3 is 3.07 bits per heavy atom. The molecule has 0 aromatic carbocycles. The maximum Gasteiger partial charge on any atom is 0.0535 e. The zero-order valence-electron chi connectivity index (χ0n) is 8.97. The van der Waals surface area contributed by atoms with Gasteiger partial charge >= 0.3 is 0 Å². The maximum absolute atomic E-state index is 3.98. The molecular weight excluding hydrogens is 194 g/mol. The minimum atomic E-state index is 0.930. The number of aromatic amines is 1. The Kier molecular flexibility index (Phi) is 5.71. The average molecular weight is 213 g/mol. The van der Waals surface area contributed by atoms with Gasteiger partial charge in [-0.15, -0.1) is 0 Å². The van der Waals surface area contributed by atoms with Gasteiger partial charge in [-0.1, -0.05) is 6.92 Å². The highest BCUT2D eigenvalue weighted by atomic mass is 32.2. The van der Waals surface area contributed by atoms with Crippen LogP contribution in [-0.2, 0) is 6.54 Å². The van der Waals surface area contributed by atoms with E-state index in [1.807, 2.05) is 18.0 Å². The van der Waals surface area contributed by atoms with E-state index in [0.717, 1.165) is 13.1 Å². The molecule has 14 heavy (non-hydrogen) atoms. The van der Waals surface area contributed by atoms with Crippen molar-refractivity contribution in [3.63, 3.8) is 0 Å². The second-order valence-corrected chi connectivity index (χ2v) is 4.64. The molecule has 0 unspecified atom stereocenters. The minimum Gasteiger partial charge on any atom is -0.313 e. The molecule has 1 aromatic rings. The summed E-state index contributed by atoms with van der Waals surface area (Å²) in [7, 11) is 0. The van der Waals surface area contributed by atoms with Crippen molar-refractivity contribution >= 4 is 11.8 Å². The Hall–Kier alpha value is -0.480. The average Bonchev–Trinajstić information content (AvgIpc) is 2.58. The van der Waals surface area contributed by atoms with Gasteiger partial charge in [0, 0.05) is 17.8 Å². The molecule has 1 heterocycles. The fourth-order valence-electron chi connectivity index (χ4n) is 1.22. The Labute approximate surface area is 90.1 Å². The minimum absolute atomic E-state index is 0.930. The fourth-order valence-corrected chi connectivity index (χ4v) is 1.86. The number of aryl methyl sites for hydroxylation is 1. The SMILES string of the molecule is CCSCCCNCc1cn[nH]c1C. The molecule has 0 saturated heterocycles. The Morgan fingerprint density at radius 2 is 2.43 bits per heavy atom. The van der Waals surface area contributed by atoms with Crippen molar-refractivity contribution in [2.45, 2.75) is 26.8 Å². The van der Waals surface area contributed by atoms with E-state index < -0.39 is 0 Å². The molecule has 0 radical (unpaired) electrons. The first-order valence-corrected chi connectivity index (χ1v) is 6.27. The van der Waals surface area contributed by atoms with Crippen molar-refractivity contribution < 1.29 is 0 Å². The molecular formula is C10H19N3S. The van der Waals surface area contributed by atoms with Gasteiger partial charge in [0.25, 0.3) is 0 Å². The van der Waals surface area contributed by atoms with Gasteiger partial charge in [-0.3, -0.25) is 5.10 Å². The van der Waals surface area contributed by atoms with Crippen LogP contribution in [0.4, 0.5) is 0 Å². The molecule has 0 aliphatic heterocycles. The van der Waals surface area contributed by atoms with Gasteiger partial charge in [0.15, 0.2) is 0 Å². The third-order valence-electron chi connectivity index (χ3n) is 2.10. The summed E-state index contributed by atoms with van der Waals surface area (Å²) in [5.41, 5.74) is 2.44. The number of rotatable bonds is 7. The third kappa shape index (κ3) is 4.15. The van der Waals surface area contributed by atoms with Gasteiger partial charge in [0.2, 0.25) is 0 Å².